The number of aliphatic hydroxyl groups is 1. The van der Waals surface area contributed by atoms with Gasteiger partial charge in [0.25, 0.3) is 0 Å². The summed E-state index contributed by atoms with van der Waals surface area (Å²) in [5.74, 6) is -0.738. The number of ether oxygens (including phenoxy) is 1. The highest BCUT2D eigenvalue weighted by atomic mass is 32.2. The third-order valence-electron chi connectivity index (χ3n) is 3.88. The van der Waals surface area contributed by atoms with E-state index in [-0.39, 0.29) is 17.2 Å². The van der Waals surface area contributed by atoms with Crippen molar-refractivity contribution in [1.29, 1.82) is 0 Å². The average molecular weight is 317 g/mol. The zero-order valence-electron chi connectivity index (χ0n) is 12.2. The van der Waals surface area contributed by atoms with Gasteiger partial charge in [-0.25, -0.2) is 12.8 Å². The van der Waals surface area contributed by atoms with Crippen molar-refractivity contribution in [3.63, 3.8) is 0 Å². The average Bonchev–Trinajstić information content (AvgIpc) is 2.85. The zero-order valence-corrected chi connectivity index (χ0v) is 13.0. The van der Waals surface area contributed by atoms with Gasteiger partial charge < -0.3 is 9.84 Å². The maximum Gasteiger partial charge on any atom is 0.243 e. The van der Waals surface area contributed by atoms with Crippen molar-refractivity contribution in [1.82, 2.24) is 4.31 Å². The molecule has 1 saturated carbocycles. The second-order valence-electron chi connectivity index (χ2n) is 5.49. The predicted molar refractivity (Wildman–Crippen MR) is 76.2 cm³/mol. The highest BCUT2D eigenvalue weighted by Gasteiger charge is 2.35. The zero-order chi connectivity index (χ0) is 15.7. The number of benzene rings is 1. The van der Waals surface area contributed by atoms with Gasteiger partial charge in [0.2, 0.25) is 10.0 Å². The standard InChI is InChI=1S/C14H20FNO4S/c1-16(10-14(17)7-3-4-8-14)21(18,19)11-5-6-13(20-2)12(15)9-11/h5-6,9,17H,3-4,7-8,10H2,1-2H3. The summed E-state index contributed by atoms with van der Waals surface area (Å²) in [7, 11) is -1.12. The Hall–Kier alpha value is -1.18. The minimum atomic E-state index is -3.83. The molecule has 1 fully saturated rings. The maximum atomic E-state index is 13.7. The van der Waals surface area contributed by atoms with Crippen LogP contribution < -0.4 is 4.74 Å². The molecular weight excluding hydrogens is 297 g/mol. The minimum Gasteiger partial charge on any atom is -0.494 e. The summed E-state index contributed by atoms with van der Waals surface area (Å²) in [6, 6.07) is 3.51. The smallest absolute Gasteiger partial charge is 0.243 e. The van der Waals surface area contributed by atoms with Crippen LogP contribution in [0.25, 0.3) is 0 Å². The van der Waals surface area contributed by atoms with Crippen LogP contribution in [0.2, 0.25) is 0 Å². The van der Waals surface area contributed by atoms with Crippen LogP contribution in [-0.2, 0) is 10.0 Å². The quantitative estimate of drug-likeness (QED) is 0.898. The largest absolute Gasteiger partial charge is 0.494 e. The summed E-state index contributed by atoms with van der Waals surface area (Å²) < 4.78 is 44.4. The van der Waals surface area contributed by atoms with E-state index in [9.17, 15) is 17.9 Å². The van der Waals surface area contributed by atoms with Gasteiger partial charge in [0.1, 0.15) is 0 Å². The van der Waals surface area contributed by atoms with E-state index in [4.69, 9.17) is 4.74 Å². The third-order valence-corrected chi connectivity index (χ3v) is 5.68. The molecule has 0 spiro atoms. The molecule has 0 aromatic heterocycles. The van der Waals surface area contributed by atoms with Crippen LogP contribution in [0.15, 0.2) is 23.1 Å². The van der Waals surface area contributed by atoms with Crippen molar-refractivity contribution in [2.75, 3.05) is 20.7 Å². The summed E-state index contributed by atoms with van der Waals surface area (Å²) in [6.45, 7) is 0.0168. The Morgan fingerprint density at radius 2 is 2.00 bits per heavy atom. The van der Waals surface area contributed by atoms with Gasteiger partial charge in [-0.2, -0.15) is 4.31 Å². The molecule has 0 atom stereocenters. The van der Waals surface area contributed by atoms with Crippen molar-refractivity contribution in [3.8, 4) is 5.75 Å². The minimum absolute atomic E-state index is 0.00831. The second kappa shape index (κ2) is 5.90. The number of likely N-dealkylation sites (N-methyl/N-ethyl adjacent to an activating group) is 1. The van der Waals surface area contributed by atoms with Gasteiger partial charge in [-0.15, -0.1) is 0 Å². The number of hydrogen-bond donors (Lipinski definition) is 1. The molecule has 1 N–H and O–H groups in total. The van der Waals surface area contributed by atoms with E-state index in [2.05, 4.69) is 0 Å². The maximum absolute atomic E-state index is 13.7. The molecule has 0 saturated heterocycles. The first-order chi connectivity index (χ1) is 9.78. The number of nitrogens with zero attached hydrogens (tertiary/aromatic N) is 1. The van der Waals surface area contributed by atoms with Crippen LogP contribution in [0.5, 0.6) is 5.75 Å². The molecule has 21 heavy (non-hydrogen) atoms. The van der Waals surface area contributed by atoms with Gasteiger partial charge in [-0.1, -0.05) is 12.8 Å². The van der Waals surface area contributed by atoms with E-state index >= 15 is 0 Å². The molecule has 0 amide bonds. The number of rotatable bonds is 5. The molecule has 0 unspecified atom stereocenters. The van der Waals surface area contributed by atoms with Crippen LogP contribution >= 0.6 is 0 Å². The Bertz CT molecular complexity index is 611. The molecule has 0 bridgehead atoms. The molecule has 0 aliphatic heterocycles. The van der Waals surface area contributed by atoms with Gasteiger partial charge >= 0.3 is 0 Å². The molecule has 5 nitrogen and oxygen atoms in total. The van der Waals surface area contributed by atoms with Crippen molar-refractivity contribution in [3.05, 3.63) is 24.0 Å². The van der Waals surface area contributed by atoms with E-state index in [1.165, 1.54) is 26.3 Å². The van der Waals surface area contributed by atoms with Gasteiger partial charge in [0, 0.05) is 13.6 Å². The molecular formula is C14H20FNO4S. The third kappa shape index (κ3) is 3.36. The van der Waals surface area contributed by atoms with Crippen LogP contribution in [0, 0.1) is 5.82 Å². The Balaban J connectivity index is 2.22. The monoisotopic (exact) mass is 317 g/mol. The molecule has 1 aliphatic rings. The second-order valence-corrected chi connectivity index (χ2v) is 7.53. The molecule has 1 aromatic rings. The lowest BCUT2D eigenvalue weighted by Crippen LogP contribution is -2.41. The van der Waals surface area contributed by atoms with Crippen molar-refractivity contribution in [2.24, 2.45) is 0 Å². The summed E-state index contributed by atoms with van der Waals surface area (Å²) >= 11 is 0. The van der Waals surface area contributed by atoms with Gasteiger partial charge in [0.15, 0.2) is 11.6 Å². The summed E-state index contributed by atoms with van der Waals surface area (Å²) in [5.41, 5.74) is -0.979. The lowest BCUT2D eigenvalue weighted by Gasteiger charge is -2.28. The molecule has 7 heteroatoms. The highest BCUT2D eigenvalue weighted by Crippen LogP contribution is 2.31. The van der Waals surface area contributed by atoms with Crippen molar-refractivity contribution in [2.45, 2.75) is 36.2 Å². The van der Waals surface area contributed by atoms with Gasteiger partial charge in [0.05, 0.1) is 17.6 Å². The summed E-state index contributed by atoms with van der Waals surface area (Å²) in [5, 5.41) is 10.3. The van der Waals surface area contributed by atoms with Gasteiger partial charge in [-0.3, -0.25) is 0 Å². The van der Waals surface area contributed by atoms with Crippen LogP contribution in [0.1, 0.15) is 25.7 Å². The van der Waals surface area contributed by atoms with E-state index in [1.807, 2.05) is 0 Å². The fraction of sp³-hybridized carbons (Fsp3) is 0.571. The lowest BCUT2D eigenvalue weighted by atomic mass is 10.0. The number of hydrogen-bond acceptors (Lipinski definition) is 4. The first-order valence-corrected chi connectivity index (χ1v) is 8.25. The SMILES string of the molecule is COc1ccc(S(=O)(=O)N(C)CC2(O)CCCC2)cc1F. The van der Waals surface area contributed by atoms with Crippen LogP contribution in [0.4, 0.5) is 4.39 Å². The highest BCUT2D eigenvalue weighted by molar-refractivity contribution is 7.89. The molecule has 1 aromatic carbocycles. The lowest BCUT2D eigenvalue weighted by molar-refractivity contribution is 0.0333. The normalized spacial score (nSPS) is 18.1. The Morgan fingerprint density at radius 1 is 1.38 bits per heavy atom. The topological polar surface area (TPSA) is 66.8 Å². The fourth-order valence-electron chi connectivity index (χ4n) is 2.68. The predicted octanol–water partition coefficient (Wildman–Crippen LogP) is 1.76. The number of halogens is 1. The first kappa shape index (κ1) is 16.2. The van der Waals surface area contributed by atoms with Gasteiger partial charge in [-0.05, 0) is 31.0 Å². The molecule has 118 valence electrons. The fourth-order valence-corrected chi connectivity index (χ4v) is 3.94. The number of sulfonamides is 1. The summed E-state index contributed by atoms with van der Waals surface area (Å²) in [6.07, 6.45) is 2.96. The molecule has 0 radical (unpaired) electrons. The van der Waals surface area contributed by atoms with Crippen LogP contribution in [-0.4, -0.2) is 44.1 Å². The molecule has 0 heterocycles. The first-order valence-electron chi connectivity index (χ1n) is 6.81. The van der Waals surface area contributed by atoms with E-state index in [1.54, 1.807) is 0 Å². The van der Waals surface area contributed by atoms with Crippen molar-refractivity contribution >= 4 is 10.0 Å². The Morgan fingerprint density at radius 3 is 2.52 bits per heavy atom. The molecule has 2 rings (SSSR count). The van der Waals surface area contributed by atoms with Crippen molar-refractivity contribution < 1.29 is 22.7 Å². The van der Waals surface area contributed by atoms with Crippen LogP contribution in [0.3, 0.4) is 0 Å². The summed E-state index contributed by atoms with van der Waals surface area (Å²) in [4.78, 5) is -0.148. The van der Waals surface area contributed by atoms with E-state index < -0.39 is 21.4 Å². The van der Waals surface area contributed by atoms with E-state index in [0.29, 0.717) is 12.8 Å². The van der Waals surface area contributed by atoms with E-state index in [0.717, 1.165) is 23.2 Å². The Labute approximate surface area is 124 Å². The number of methoxy groups -OCH3 is 1. The Kier molecular flexibility index (Phi) is 4.55. The molecule has 1 aliphatic carbocycles.